The van der Waals surface area contributed by atoms with E-state index in [2.05, 4.69) is 28.2 Å². The summed E-state index contributed by atoms with van der Waals surface area (Å²) in [6.45, 7) is 4.68. The number of amides is 1. The van der Waals surface area contributed by atoms with Gasteiger partial charge in [0.25, 0.3) is 5.91 Å². The maximum Gasteiger partial charge on any atom is 0.252 e. The van der Waals surface area contributed by atoms with E-state index < -0.39 is 0 Å². The molecule has 1 aliphatic rings. The van der Waals surface area contributed by atoms with Gasteiger partial charge in [-0.1, -0.05) is 31.9 Å². The van der Waals surface area contributed by atoms with Gasteiger partial charge in [-0.2, -0.15) is 0 Å². The molecule has 2 unspecified atom stereocenters. The summed E-state index contributed by atoms with van der Waals surface area (Å²) in [5.74, 6) is 0.397. The second-order valence-corrected chi connectivity index (χ2v) is 6.69. The van der Waals surface area contributed by atoms with Crippen molar-refractivity contribution in [3.8, 4) is 0 Å². The number of hydrogen-bond acceptors (Lipinski definition) is 2. The first-order valence-electron chi connectivity index (χ1n) is 7.28. The fourth-order valence-corrected chi connectivity index (χ4v) is 3.51. The normalized spacial score (nSPS) is 26.3. The smallest absolute Gasteiger partial charge is 0.252 e. The van der Waals surface area contributed by atoms with Gasteiger partial charge < -0.3 is 11.1 Å². The average Bonchev–Trinajstić information content (AvgIpc) is 2.44. The van der Waals surface area contributed by atoms with Gasteiger partial charge >= 0.3 is 0 Å². The zero-order valence-corrected chi connectivity index (χ0v) is 13.8. The number of rotatable bonds is 3. The summed E-state index contributed by atoms with van der Waals surface area (Å²) in [4.78, 5) is 12.6. The third-order valence-corrected chi connectivity index (χ3v) is 5.67. The number of hydrogen-bond donors (Lipinski definition) is 2. The molecule has 2 atom stereocenters. The summed E-state index contributed by atoms with van der Waals surface area (Å²) >= 11 is 3.51. The number of nitrogens with two attached hydrogens (primary N) is 1. The van der Waals surface area contributed by atoms with Gasteiger partial charge in [0.05, 0.1) is 11.1 Å². The lowest BCUT2D eigenvalue weighted by atomic mass is 9.73. The van der Waals surface area contributed by atoms with Gasteiger partial charge in [-0.05, 0) is 53.2 Å². The van der Waals surface area contributed by atoms with E-state index in [0.29, 0.717) is 18.0 Å². The molecule has 20 heavy (non-hydrogen) atoms. The third-order valence-electron chi connectivity index (χ3n) is 4.62. The van der Waals surface area contributed by atoms with Crippen molar-refractivity contribution in [3.63, 3.8) is 0 Å². The topological polar surface area (TPSA) is 55.1 Å². The highest BCUT2D eigenvalue weighted by Crippen LogP contribution is 2.33. The van der Waals surface area contributed by atoms with Gasteiger partial charge in [0.1, 0.15) is 0 Å². The van der Waals surface area contributed by atoms with E-state index in [-0.39, 0.29) is 11.4 Å². The van der Waals surface area contributed by atoms with Gasteiger partial charge in [0, 0.05) is 11.0 Å². The summed E-state index contributed by atoms with van der Waals surface area (Å²) in [7, 11) is 0. The van der Waals surface area contributed by atoms with Crippen LogP contribution in [0.15, 0.2) is 22.7 Å². The van der Waals surface area contributed by atoms with Gasteiger partial charge in [0.15, 0.2) is 0 Å². The van der Waals surface area contributed by atoms with Crippen LogP contribution < -0.4 is 11.1 Å². The maximum atomic E-state index is 12.6. The number of halogens is 1. The Morgan fingerprint density at radius 2 is 2.25 bits per heavy atom. The fraction of sp³-hybridized carbons (Fsp3) is 0.562. The van der Waals surface area contributed by atoms with Crippen LogP contribution >= 0.6 is 15.9 Å². The molecule has 1 aromatic rings. The quantitative estimate of drug-likeness (QED) is 0.887. The van der Waals surface area contributed by atoms with Crippen molar-refractivity contribution < 1.29 is 4.79 Å². The first-order chi connectivity index (χ1) is 9.50. The number of nitrogens with one attached hydrogen (secondary N) is 1. The molecular formula is C16H23BrN2O. The minimum absolute atomic E-state index is 0.0280. The molecule has 0 aromatic heterocycles. The van der Waals surface area contributed by atoms with Gasteiger partial charge in [-0.15, -0.1) is 0 Å². The first-order valence-corrected chi connectivity index (χ1v) is 8.07. The lowest BCUT2D eigenvalue weighted by Gasteiger charge is -2.42. The highest BCUT2D eigenvalue weighted by atomic mass is 79.9. The summed E-state index contributed by atoms with van der Waals surface area (Å²) in [5.41, 5.74) is 7.50. The van der Waals surface area contributed by atoms with Crippen LogP contribution in [0.25, 0.3) is 0 Å². The number of aryl methyl sites for hydroxylation is 1. The van der Waals surface area contributed by atoms with Crippen molar-refractivity contribution in [1.82, 2.24) is 5.32 Å². The Labute approximate surface area is 129 Å². The molecule has 0 heterocycles. The number of benzene rings is 1. The molecule has 110 valence electrons. The SMILES string of the molecule is Cc1cccc(C(=O)NC2(CN)CCCCC2C)c1Br. The Hall–Kier alpha value is -0.870. The Morgan fingerprint density at radius 3 is 2.90 bits per heavy atom. The largest absolute Gasteiger partial charge is 0.345 e. The van der Waals surface area contributed by atoms with Crippen LogP contribution in [0.4, 0.5) is 0 Å². The van der Waals surface area contributed by atoms with Gasteiger partial charge in [0.2, 0.25) is 0 Å². The molecule has 0 saturated heterocycles. The summed E-state index contributed by atoms with van der Waals surface area (Å²) < 4.78 is 0.869. The standard InChI is InChI=1S/C16H23BrN2O/c1-11-6-5-8-13(14(11)17)15(20)19-16(10-18)9-4-3-7-12(16)2/h5-6,8,12H,3-4,7,9-10,18H2,1-2H3,(H,19,20). The second kappa shape index (κ2) is 6.27. The van der Waals surface area contributed by atoms with Crippen LogP contribution in [0.3, 0.4) is 0 Å². The molecule has 1 fully saturated rings. The summed E-state index contributed by atoms with van der Waals surface area (Å²) in [6.07, 6.45) is 4.47. The zero-order valence-electron chi connectivity index (χ0n) is 12.2. The molecule has 1 saturated carbocycles. The molecule has 0 aliphatic heterocycles. The van der Waals surface area contributed by atoms with Crippen LogP contribution in [0.5, 0.6) is 0 Å². The van der Waals surface area contributed by atoms with Crippen molar-refractivity contribution in [2.24, 2.45) is 11.7 Å². The summed E-state index contributed by atoms with van der Waals surface area (Å²) in [6, 6.07) is 5.75. The number of carbonyl (C=O) groups excluding carboxylic acids is 1. The Bertz CT molecular complexity index is 503. The van der Waals surface area contributed by atoms with Crippen LogP contribution in [-0.2, 0) is 0 Å². The molecule has 4 heteroatoms. The monoisotopic (exact) mass is 338 g/mol. The van der Waals surface area contributed by atoms with Crippen molar-refractivity contribution >= 4 is 21.8 Å². The van der Waals surface area contributed by atoms with Gasteiger partial charge in [-0.3, -0.25) is 4.79 Å². The Morgan fingerprint density at radius 1 is 1.50 bits per heavy atom. The predicted octanol–water partition coefficient (Wildman–Crippen LogP) is 3.39. The van der Waals surface area contributed by atoms with Crippen molar-refractivity contribution in [3.05, 3.63) is 33.8 Å². The Kier molecular flexibility index (Phi) is 4.86. The molecule has 2 rings (SSSR count). The molecule has 0 radical (unpaired) electrons. The third kappa shape index (κ3) is 2.91. The highest BCUT2D eigenvalue weighted by molar-refractivity contribution is 9.10. The van der Waals surface area contributed by atoms with Crippen LogP contribution in [-0.4, -0.2) is 18.0 Å². The maximum absolute atomic E-state index is 12.6. The van der Waals surface area contributed by atoms with E-state index in [1.54, 1.807) is 0 Å². The predicted molar refractivity (Wildman–Crippen MR) is 85.8 cm³/mol. The van der Waals surface area contributed by atoms with Crippen LogP contribution in [0.1, 0.15) is 48.5 Å². The second-order valence-electron chi connectivity index (χ2n) is 5.90. The zero-order chi connectivity index (χ0) is 14.8. The highest BCUT2D eigenvalue weighted by Gasteiger charge is 2.38. The molecule has 1 aliphatic carbocycles. The van der Waals surface area contributed by atoms with Gasteiger partial charge in [-0.25, -0.2) is 0 Å². The van der Waals surface area contributed by atoms with E-state index in [1.807, 2.05) is 25.1 Å². The Balaban J connectivity index is 2.23. The molecular weight excluding hydrogens is 316 g/mol. The molecule has 3 N–H and O–H groups in total. The van der Waals surface area contributed by atoms with E-state index in [1.165, 1.54) is 6.42 Å². The molecule has 0 spiro atoms. The van der Waals surface area contributed by atoms with Crippen LogP contribution in [0, 0.1) is 12.8 Å². The lowest BCUT2D eigenvalue weighted by Crippen LogP contribution is -2.59. The van der Waals surface area contributed by atoms with E-state index in [4.69, 9.17) is 5.73 Å². The molecule has 1 amide bonds. The minimum atomic E-state index is -0.251. The lowest BCUT2D eigenvalue weighted by molar-refractivity contribution is 0.0812. The van der Waals surface area contributed by atoms with Crippen LogP contribution in [0.2, 0.25) is 0 Å². The average molecular weight is 339 g/mol. The molecule has 0 bridgehead atoms. The van der Waals surface area contributed by atoms with E-state index in [9.17, 15) is 4.79 Å². The molecule has 3 nitrogen and oxygen atoms in total. The first kappa shape index (κ1) is 15.5. The van der Waals surface area contributed by atoms with Crippen molar-refractivity contribution in [2.45, 2.75) is 45.1 Å². The minimum Gasteiger partial charge on any atom is -0.345 e. The van der Waals surface area contributed by atoms with E-state index in [0.717, 1.165) is 29.3 Å². The van der Waals surface area contributed by atoms with E-state index >= 15 is 0 Å². The van der Waals surface area contributed by atoms with Crippen molar-refractivity contribution in [2.75, 3.05) is 6.54 Å². The fourth-order valence-electron chi connectivity index (χ4n) is 3.07. The number of carbonyl (C=O) groups is 1. The van der Waals surface area contributed by atoms with Crippen molar-refractivity contribution in [1.29, 1.82) is 0 Å². The summed E-state index contributed by atoms with van der Waals surface area (Å²) in [5, 5.41) is 3.22. The molecule has 1 aromatic carbocycles.